The molecule has 0 saturated carbocycles. The fraction of sp³-hybridized carbons (Fsp3) is 0.400. The van der Waals surface area contributed by atoms with Crippen LogP contribution in [0, 0.1) is 0 Å². The lowest BCUT2D eigenvalue weighted by molar-refractivity contribution is -0.0921. The van der Waals surface area contributed by atoms with Gasteiger partial charge in [0.2, 0.25) is 0 Å². The Balaban J connectivity index is 1.41. The minimum absolute atomic E-state index is 0.0922. The molecule has 0 bridgehead atoms. The van der Waals surface area contributed by atoms with Crippen molar-refractivity contribution in [3.63, 3.8) is 0 Å². The summed E-state index contributed by atoms with van der Waals surface area (Å²) < 4.78 is 37.1. The molecule has 1 fully saturated rings. The number of benzene rings is 1. The maximum absolute atomic E-state index is 12.9. The number of para-hydroxylation sites is 1. The molecule has 0 aliphatic carbocycles. The Kier molecular flexibility index (Phi) is 4.34. The molecule has 0 radical (unpaired) electrons. The molecule has 1 spiro atoms. The van der Waals surface area contributed by atoms with Gasteiger partial charge in [0, 0.05) is 32.5 Å². The van der Waals surface area contributed by atoms with Crippen molar-refractivity contribution in [2.75, 3.05) is 19.7 Å². The van der Waals surface area contributed by atoms with Crippen LogP contribution in [0.2, 0.25) is 0 Å². The number of fused-ring (bicyclic) bond motifs is 2. The predicted octanol–water partition coefficient (Wildman–Crippen LogP) is 1.86. The van der Waals surface area contributed by atoms with Crippen molar-refractivity contribution in [3.05, 3.63) is 60.3 Å². The number of rotatable bonds is 3. The van der Waals surface area contributed by atoms with E-state index in [0.29, 0.717) is 32.5 Å². The van der Waals surface area contributed by atoms with Crippen LogP contribution < -0.4 is 0 Å². The van der Waals surface area contributed by atoms with Crippen molar-refractivity contribution < 1.29 is 13.2 Å². The third-order valence-electron chi connectivity index (χ3n) is 5.81. The number of hydrogen-bond donors (Lipinski definition) is 0. The lowest BCUT2D eigenvalue weighted by Gasteiger charge is -2.42. The highest BCUT2D eigenvalue weighted by atomic mass is 32.2. The molecule has 152 valence electrons. The van der Waals surface area contributed by atoms with Gasteiger partial charge in [0.25, 0.3) is 10.0 Å². The first-order valence-corrected chi connectivity index (χ1v) is 11.2. The first-order valence-electron chi connectivity index (χ1n) is 9.74. The SMILES string of the molecule is Cn1cnc(S(=O)(=O)N2CCC3(CC2)OCCc2cn(-c4ccccc4)nc23)c1. The summed E-state index contributed by atoms with van der Waals surface area (Å²) in [6.45, 7) is 1.40. The Labute approximate surface area is 169 Å². The molecule has 8 nitrogen and oxygen atoms in total. The predicted molar refractivity (Wildman–Crippen MR) is 106 cm³/mol. The Morgan fingerprint density at radius 3 is 2.55 bits per heavy atom. The molecule has 4 heterocycles. The van der Waals surface area contributed by atoms with E-state index in [0.717, 1.165) is 17.8 Å². The number of hydrogen-bond acceptors (Lipinski definition) is 5. The van der Waals surface area contributed by atoms with Crippen LogP contribution in [0.4, 0.5) is 0 Å². The highest BCUT2D eigenvalue weighted by Crippen LogP contribution is 2.41. The number of ether oxygens (including phenoxy) is 1. The number of aryl methyl sites for hydroxylation is 1. The zero-order valence-electron chi connectivity index (χ0n) is 16.2. The summed E-state index contributed by atoms with van der Waals surface area (Å²) in [6, 6.07) is 10.0. The van der Waals surface area contributed by atoms with Crippen molar-refractivity contribution >= 4 is 10.0 Å². The molecule has 2 aliphatic heterocycles. The van der Waals surface area contributed by atoms with Gasteiger partial charge in [0.05, 0.1) is 24.3 Å². The summed E-state index contributed by atoms with van der Waals surface area (Å²) in [5.41, 5.74) is 2.61. The van der Waals surface area contributed by atoms with Crippen LogP contribution in [0.25, 0.3) is 5.69 Å². The van der Waals surface area contributed by atoms with Gasteiger partial charge in [-0.1, -0.05) is 18.2 Å². The summed E-state index contributed by atoms with van der Waals surface area (Å²) in [7, 11) is -1.83. The van der Waals surface area contributed by atoms with Gasteiger partial charge in [-0.3, -0.25) is 0 Å². The normalized spacial score (nSPS) is 19.3. The topological polar surface area (TPSA) is 82.3 Å². The number of aromatic nitrogens is 4. The third kappa shape index (κ3) is 3.09. The van der Waals surface area contributed by atoms with E-state index in [2.05, 4.69) is 11.2 Å². The summed E-state index contributed by atoms with van der Waals surface area (Å²) in [6.07, 6.45) is 7.10. The molecule has 29 heavy (non-hydrogen) atoms. The Morgan fingerprint density at radius 2 is 1.86 bits per heavy atom. The van der Waals surface area contributed by atoms with Gasteiger partial charge in [-0.15, -0.1) is 0 Å². The van der Waals surface area contributed by atoms with Crippen molar-refractivity contribution in [1.29, 1.82) is 0 Å². The second kappa shape index (κ2) is 6.79. The molecule has 1 saturated heterocycles. The molecule has 0 amide bonds. The second-order valence-corrected chi connectivity index (χ2v) is 9.54. The molecule has 2 aromatic heterocycles. The molecule has 0 unspecified atom stereocenters. The van der Waals surface area contributed by atoms with Crippen LogP contribution >= 0.6 is 0 Å². The number of nitrogens with zero attached hydrogens (tertiary/aromatic N) is 5. The van der Waals surface area contributed by atoms with Crippen molar-refractivity contribution in [2.45, 2.75) is 29.9 Å². The fourth-order valence-corrected chi connectivity index (χ4v) is 5.64. The van der Waals surface area contributed by atoms with E-state index in [1.807, 2.05) is 35.0 Å². The lowest BCUT2D eigenvalue weighted by atomic mass is 9.84. The van der Waals surface area contributed by atoms with E-state index < -0.39 is 15.6 Å². The highest BCUT2D eigenvalue weighted by Gasteiger charge is 2.45. The van der Waals surface area contributed by atoms with Crippen LogP contribution in [0.15, 0.2) is 54.1 Å². The maximum atomic E-state index is 12.9. The van der Waals surface area contributed by atoms with E-state index >= 15 is 0 Å². The van der Waals surface area contributed by atoms with Crippen molar-refractivity contribution in [2.24, 2.45) is 7.05 Å². The van der Waals surface area contributed by atoms with E-state index in [1.165, 1.54) is 22.4 Å². The first kappa shape index (κ1) is 18.5. The minimum atomic E-state index is -3.59. The largest absolute Gasteiger partial charge is 0.368 e. The Bertz CT molecular complexity index is 1130. The molecule has 1 aromatic carbocycles. The van der Waals surface area contributed by atoms with Gasteiger partial charge >= 0.3 is 0 Å². The van der Waals surface area contributed by atoms with Gasteiger partial charge in [0.15, 0.2) is 5.03 Å². The average Bonchev–Trinajstić information content (AvgIpc) is 3.37. The Morgan fingerprint density at radius 1 is 1.10 bits per heavy atom. The number of sulfonamides is 1. The van der Waals surface area contributed by atoms with Crippen LogP contribution in [0.1, 0.15) is 24.1 Å². The molecular weight excluding hydrogens is 390 g/mol. The fourth-order valence-electron chi connectivity index (χ4n) is 4.24. The highest BCUT2D eigenvalue weighted by molar-refractivity contribution is 7.89. The van der Waals surface area contributed by atoms with Crippen molar-refractivity contribution in [1.82, 2.24) is 23.6 Å². The standard InChI is InChI=1S/C20H23N5O3S/c1-23-14-18(21-15-23)29(26,27)24-10-8-20(9-11-24)19-16(7-12-28-20)13-25(22-19)17-5-3-2-4-6-17/h2-6,13-15H,7-12H2,1H3. The smallest absolute Gasteiger partial charge is 0.262 e. The average molecular weight is 414 g/mol. The van der Waals surface area contributed by atoms with Gasteiger partial charge in [0.1, 0.15) is 5.60 Å². The van der Waals surface area contributed by atoms with Crippen LogP contribution in [0.5, 0.6) is 0 Å². The quantitative estimate of drug-likeness (QED) is 0.655. The molecule has 0 N–H and O–H groups in total. The van der Waals surface area contributed by atoms with Gasteiger partial charge in [-0.25, -0.2) is 18.1 Å². The lowest BCUT2D eigenvalue weighted by Crippen LogP contribution is -2.48. The maximum Gasteiger partial charge on any atom is 0.262 e. The minimum Gasteiger partial charge on any atom is -0.368 e. The molecule has 5 rings (SSSR count). The van der Waals surface area contributed by atoms with Gasteiger partial charge in [-0.2, -0.15) is 9.40 Å². The third-order valence-corrected chi connectivity index (χ3v) is 7.59. The monoisotopic (exact) mass is 413 g/mol. The van der Waals surface area contributed by atoms with E-state index in [1.54, 1.807) is 11.6 Å². The Hall–Kier alpha value is -2.49. The van der Waals surface area contributed by atoms with E-state index in [-0.39, 0.29) is 5.03 Å². The molecule has 3 aromatic rings. The molecule has 2 aliphatic rings. The summed E-state index contributed by atoms with van der Waals surface area (Å²) in [4.78, 5) is 4.03. The zero-order valence-corrected chi connectivity index (χ0v) is 17.0. The summed E-state index contributed by atoms with van der Waals surface area (Å²) >= 11 is 0. The van der Waals surface area contributed by atoms with Crippen LogP contribution in [-0.2, 0) is 33.8 Å². The number of piperidine rings is 1. The summed E-state index contributed by atoms with van der Waals surface area (Å²) in [5.74, 6) is 0. The van der Waals surface area contributed by atoms with Crippen LogP contribution in [0.3, 0.4) is 0 Å². The van der Waals surface area contributed by atoms with Crippen molar-refractivity contribution in [3.8, 4) is 5.69 Å². The molecule has 0 atom stereocenters. The molecular formula is C20H23N5O3S. The first-order chi connectivity index (χ1) is 14.0. The van der Waals surface area contributed by atoms with E-state index in [9.17, 15) is 8.42 Å². The van der Waals surface area contributed by atoms with Crippen LogP contribution in [-0.4, -0.2) is 51.8 Å². The van der Waals surface area contributed by atoms with E-state index in [4.69, 9.17) is 9.84 Å². The van der Waals surface area contributed by atoms with Gasteiger partial charge in [-0.05, 0) is 37.0 Å². The summed E-state index contributed by atoms with van der Waals surface area (Å²) in [5, 5.41) is 4.95. The van der Waals surface area contributed by atoms with Gasteiger partial charge < -0.3 is 9.30 Å². The second-order valence-electron chi connectivity index (χ2n) is 7.66. The molecule has 9 heteroatoms. The zero-order chi connectivity index (χ0) is 20.1. The number of imidazole rings is 1.